The fourth-order valence-electron chi connectivity index (χ4n) is 2.30. The monoisotopic (exact) mass is 251 g/mol. The van der Waals surface area contributed by atoms with Gasteiger partial charge in [0.2, 0.25) is 0 Å². The number of hydrogen-bond acceptors (Lipinski definition) is 4. The molecule has 1 fully saturated rings. The highest BCUT2D eigenvalue weighted by Crippen LogP contribution is 2.12. The normalized spacial score (nSPS) is 17.9. The van der Waals surface area contributed by atoms with E-state index < -0.39 is 0 Å². The Bertz CT molecular complexity index is 395. The fourth-order valence-corrected chi connectivity index (χ4v) is 2.30. The number of likely N-dealkylation sites (tertiary alicyclic amines) is 1. The number of nitrogens with one attached hydrogen (secondary N) is 1. The quantitative estimate of drug-likeness (QED) is 0.828. The maximum absolute atomic E-state index is 11.9. The van der Waals surface area contributed by atoms with E-state index in [9.17, 15) is 4.79 Å². The number of aryl methyl sites for hydroxylation is 1. The molecule has 1 aliphatic rings. The lowest BCUT2D eigenvalue weighted by molar-refractivity contribution is 0.0882. The molecule has 1 aromatic rings. The largest absolute Gasteiger partial charge is 0.456 e. The van der Waals surface area contributed by atoms with Crippen LogP contribution in [0.25, 0.3) is 0 Å². The van der Waals surface area contributed by atoms with Gasteiger partial charge in [-0.3, -0.25) is 4.79 Å². The first kappa shape index (κ1) is 13.1. The maximum Gasteiger partial charge on any atom is 0.287 e. The molecule has 5 heteroatoms. The second kappa shape index (κ2) is 6.02. The van der Waals surface area contributed by atoms with Gasteiger partial charge in [-0.1, -0.05) is 0 Å². The van der Waals surface area contributed by atoms with Crippen molar-refractivity contribution in [1.29, 1.82) is 0 Å². The first-order chi connectivity index (χ1) is 8.69. The smallest absolute Gasteiger partial charge is 0.287 e. The van der Waals surface area contributed by atoms with Crippen molar-refractivity contribution in [2.75, 3.05) is 26.2 Å². The van der Waals surface area contributed by atoms with Crippen molar-refractivity contribution in [3.8, 4) is 0 Å². The van der Waals surface area contributed by atoms with Gasteiger partial charge in [0.15, 0.2) is 5.76 Å². The molecular weight excluding hydrogens is 230 g/mol. The molecule has 0 bridgehead atoms. The third-order valence-corrected chi connectivity index (χ3v) is 3.33. The Hall–Kier alpha value is -1.33. The summed E-state index contributed by atoms with van der Waals surface area (Å²) in [5.41, 5.74) is 5.53. The molecule has 0 atom stereocenters. The van der Waals surface area contributed by atoms with Crippen LogP contribution in [0.3, 0.4) is 0 Å². The van der Waals surface area contributed by atoms with E-state index in [2.05, 4.69) is 10.2 Å². The zero-order valence-electron chi connectivity index (χ0n) is 10.8. The number of carbonyl (C=O) groups is 1. The van der Waals surface area contributed by atoms with Crippen LogP contribution in [0.1, 0.15) is 29.2 Å². The molecule has 3 N–H and O–H groups in total. The number of amides is 1. The third-order valence-electron chi connectivity index (χ3n) is 3.33. The van der Waals surface area contributed by atoms with E-state index in [0.717, 1.165) is 38.2 Å². The molecule has 1 saturated heterocycles. The predicted molar refractivity (Wildman–Crippen MR) is 69.4 cm³/mol. The molecule has 18 heavy (non-hydrogen) atoms. The molecule has 5 nitrogen and oxygen atoms in total. The molecule has 2 heterocycles. The van der Waals surface area contributed by atoms with Crippen LogP contribution >= 0.6 is 0 Å². The van der Waals surface area contributed by atoms with Crippen LogP contribution in [0.4, 0.5) is 0 Å². The molecule has 0 aliphatic carbocycles. The summed E-state index contributed by atoms with van der Waals surface area (Å²) in [7, 11) is 0. The van der Waals surface area contributed by atoms with Gasteiger partial charge in [-0.2, -0.15) is 0 Å². The Morgan fingerprint density at radius 2 is 2.22 bits per heavy atom. The van der Waals surface area contributed by atoms with Crippen LogP contribution in [-0.4, -0.2) is 43.0 Å². The summed E-state index contributed by atoms with van der Waals surface area (Å²) < 4.78 is 5.31. The van der Waals surface area contributed by atoms with E-state index in [1.54, 1.807) is 12.1 Å². The van der Waals surface area contributed by atoms with Gasteiger partial charge < -0.3 is 20.4 Å². The number of piperidine rings is 1. The minimum Gasteiger partial charge on any atom is -0.456 e. The van der Waals surface area contributed by atoms with E-state index in [4.69, 9.17) is 10.2 Å². The fraction of sp³-hybridized carbons (Fsp3) is 0.615. The average molecular weight is 251 g/mol. The number of rotatable bonds is 4. The summed E-state index contributed by atoms with van der Waals surface area (Å²) in [5.74, 6) is 1.05. The standard InChI is InChI=1S/C13H21N3O2/c1-10-2-3-12(18-10)13(17)15-11-4-7-16(8-5-11)9-6-14/h2-3,11H,4-9,14H2,1H3,(H,15,17). The molecule has 0 aromatic carbocycles. The second-order valence-electron chi connectivity index (χ2n) is 4.79. The lowest BCUT2D eigenvalue weighted by Gasteiger charge is -2.31. The van der Waals surface area contributed by atoms with Crippen molar-refractivity contribution < 1.29 is 9.21 Å². The van der Waals surface area contributed by atoms with Crippen molar-refractivity contribution in [2.24, 2.45) is 5.73 Å². The second-order valence-corrected chi connectivity index (χ2v) is 4.79. The summed E-state index contributed by atoms with van der Waals surface area (Å²) in [5, 5.41) is 3.02. The average Bonchev–Trinajstić information content (AvgIpc) is 2.79. The van der Waals surface area contributed by atoms with Crippen LogP contribution in [-0.2, 0) is 0 Å². The highest BCUT2D eigenvalue weighted by Gasteiger charge is 2.21. The van der Waals surface area contributed by atoms with Crippen LogP contribution in [0, 0.1) is 6.92 Å². The molecule has 0 radical (unpaired) electrons. The van der Waals surface area contributed by atoms with Gasteiger partial charge in [0.05, 0.1) is 0 Å². The van der Waals surface area contributed by atoms with Crippen LogP contribution < -0.4 is 11.1 Å². The SMILES string of the molecule is Cc1ccc(C(=O)NC2CCN(CCN)CC2)o1. The first-order valence-corrected chi connectivity index (χ1v) is 6.49. The van der Waals surface area contributed by atoms with Gasteiger partial charge in [0.25, 0.3) is 5.91 Å². The number of nitrogens with zero attached hydrogens (tertiary/aromatic N) is 1. The number of furan rings is 1. The Balaban J connectivity index is 1.79. The summed E-state index contributed by atoms with van der Waals surface area (Å²) in [6.07, 6.45) is 1.96. The molecule has 2 rings (SSSR count). The Morgan fingerprint density at radius 1 is 1.50 bits per heavy atom. The van der Waals surface area contributed by atoms with Crippen molar-refractivity contribution in [2.45, 2.75) is 25.8 Å². The predicted octanol–water partition coefficient (Wildman–Crippen LogP) is 0.741. The molecule has 0 spiro atoms. The van der Waals surface area contributed by atoms with Gasteiger partial charge in [0, 0.05) is 32.2 Å². The zero-order chi connectivity index (χ0) is 13.0. The summed E-state index contributed by atoms with van der Waals surface area (Å²) >= 11 is 0. The molecule has 0 unspecified atom stereocenters. The molecule has 1 aliphatic heterocycles. The van der Waals surface area contributed by atoms with E-state index >= 15 is 0 Å². The molecule has 0 saturated carbocycles. The highest BCUT2D eigenvalue weighted by atomic mass is 16.3. The summed E-state index contributed by atoms with van der Waals surface area (Å²) in [6.45, 7) is 5.47. The van der Waals surface area contributed by atoms with Gasteiger partial charge in [0.1, 0.15) is 5.76 Å². The van der Waals surface area contributed by atoms with Crippen LogP contribution in [0.15, 0.2) is 16.5 Å². The lowest BCUT2D eigenvalue weighted by atomic mass is 10.0. The molecule has 1 amide bonds. The van der Waals surface area contributed by atoms with Crippen molar-refractivity contribution >= 4 is 5.91 Å². The summed E-state index contributed by atoms with van der Waals surface area (Å²) in [6, 6.07) is 3.77. The number of nitrogens with two attached hydrogens (primary N) is 1. The lowest BCUT2D eigenvalue weighted by Crippen LogP contribution is -2.45. The zero-order valence-corrected chi connectivity index (χ0v) is 10.8. The van der Waals surface area contributed by atoms with Gasteiger partial charge in [-0.05, 0) is 31.9 Å². The Morgan fingerprint density at radius 3 is 2.78 bits per heavy atom. The highest BCUT2D eigenvalue weighted by molar-refractivity contribution is 5.91. The molecule has 1 aromatic heterocycles. The van der Waals surface area contributed by atoms with Crippen molar-refractivity contribution in [3.63, 3.8) is 0 Å². The topological polar surface area (TPSA) is 71.5 Å². The maximum atomic E-state index is 11.9. The Labute approximate surface area is 107 Å². The van der Waals surface area contributed by atoms with E-state index in [1.165, 1.54) is 0 Å². The van der Waals surface area contributed by atoms with Gasteiger partial charge in [-0.15, -0.1) is 0 Å². The molecular formula is C13H21N3O2. The number of carbonyl (C=O) groups excluding carboxylic acids is 1. The first-order valence-electron chi connectivity index (χ1n) is 6.49. The van der Waals surface area contributed by atoms with Crippen LogP contribution in [0.2, 0.25) is 0 Å². The van der Waals surface area contributed by atoms with E-state index in [0.29, 0.717) is 12.3 Å². The Kier molecular flexibility index (Phi) is 4.38. The third kappa shape index (κ3) is 3.34. The van der Waals surface area contributed by atoms with Gasteiger partial charge in [-0.25, -0.2) is 0 Å². The van der Waals surface area contributed by atoms with Crippen LogP contribution in [0.5, 0.6) is 0 Å². The van der Waals surface area contributed by atoms with Gasteiger partial charge >= 0.3 is 0 Å². The number of hydrogen-bond donors (Lipinski definition) is 2. The minimum absolute atomic E-state index is 0.111. The summed E-state index contributed by atoms with van der Waals surface area (Å²) in [4.78, 5) is 14.2. The minimum atomic E-state index is -0.111. The van der Waals surface area contributed by atoms with E-state index in [1.807, 2.05) is 6.92 Å². The van der Waals surface area contributed by atoms with E-state index in [-0.39, 0.29) is 11.9 Å². The van der Waals surface area contributed by atoms with Crippen molar-refractivity contribution in [3.05, 3.63) is 23.7 Å². The molecule has 100 valence electrons. The van der Waals surface area contributed by atoms with Crippen molar-refractivity contribution in [1.82, 2.24) is 10.2 Å².